The van der Waals surface area contributed by atoms with Crippen LogP contribution in [0.25, 0.3) is 11.0 Å². The minimum absolute atomic E-state index is 0.159. The van der Waals surface area contributed by atoms with E-state index in [1.165, 1.54) is 11.3 Å². The van der Waals surface area contributed by atoms with Crippen LogP contribution in [0.4, 0.5) is 9.80 Å². The molecule has 0 atom stereocenters. The van der Waals surface area contributed by atoms with E-state index in [0.717, 1.165) is 35.1 Å². The Labute approximate surface area is 164 Å². The van der Waals surface area contributed by atoms with Gasteiger partial charge in [-0.15, -0.1) is 11.3 Å². The third-order valence-electron chi connectivity index (χ3n) is 4.52. The van der Waals surface area contributed by atoms with Crippen molar-refractivity contribution in [3.05, 3.63) is 52.1 Å². The van der Waals surface area contributed by atoms with E-state index in [0.29, 0.717) is 16.1 Å². The molecule has 3 aromatic rings. The maximum atomic E-state index is 12.7. The van der Waals surface area contributed by atoms with Gasteiger partial charge in [0.25, 0.3) is 11.8 Å². The average Bonchev–Trinajstić information content (AvgIpc) is 3.35. The molecule has 0 spiro atoms. The van der Waals surface area contributed by atoms with Crippen molar-refractivity contribution in [3.8, 4) is 0 Å². The lowest BCUT2D eigenvalue weighted by molar-refractivity contribution is 0.0925. The van der Waals surface area contributed by atoms with Gasteiger partial charge in [-0.2, -0.15) is 0 Å². The molecule has 2 N–H and O–H groups in total. The van der Waals surface area contributed by atoms with Gasteiger partial charge in [-0.1, -0.05) is 18.2 Å². The Bertz CT molecular complexity index is 1050. The fourth-order valence-electron chi connectivity index (χ4n) is 3.31. The van der Waals surface area contributed by atoms with Gasteiger partial charge < -0.3 is 14.5 Å². The summed E-state index contributed by atoms with van der Waals surface area (Å²) in [6.07, 6.45) is 1.72. The second kappa shape index (κ2) is 7.47. The van der Waals surface area contributed by atoms with Crippen molar-refractivity contribution in [1.29, 1.82) is 0 Å². The summed E-state index contributed by atoms with van der Waals surface area (Å²) < 4.78 is 10.4. The predicted molar refractivity (Wildman–Crippen MR) is 105 cm³/mol. The summed E-state index contributed by atoms with van der Waals surface area (Å²) in [6.45, 7) is 1.82. The maximum absolute atomic E-state index is 12.7. The third kappa shape index (κ3) is 3.38. The molecule has 0 aliphatic heterocycles. The highest BCUT2D eigenvalue weighted by Gasteiger charge is 2.29. The highest BCUT2D eigenvalue weighted by Crippen LogP contribution is 2.39. The zero-order valence-electron chi connectivity index (χ0n) is 15.2. The Morgan fingerprint density at radius 2 is 2.00 bits per heavy atom. The lowest BCUT2D eigenvalue weighted by Gasteiger charge is -2.08. The number of carbonyl (C=O) groups excluding carboxylic acids is 3. The van der Waals surface area contributed by atoms with E-state index >= 15 is 0 Å². The standard InChI is InChI=1S/C20H18N2O5S/c1-2-26-20(25)22-18(24)16-12-7-5-9-15(12)28-19(16)21-17(23)14-10-11-6-3-4-8-13(11)27-14/h3-4,6,8,10H,2,5,7,9H2,1H3,(H,21,23)(H,22,24,25). The fourth-order valence-corrected chi connectivity index (χ4v) is 4.60. The number of fused-ring (bicyclic) bond motifs is 2. The first-order chi connectivity index (χ1) is 13.6. The van der Waals surface area contributed by atoms with Crippen LogP contribution in [0, 0.1) is 0 Å². The number of hydrogen-bond donors (Lipinski definition) is 2. The zero-order valence-corrected chi connectivity index (χ0v) is 16.0. The molecule has 0 unspecified atom stereocenters. The first-order valence-corrected chi connectivity index (χ1v) is 9.81. The summed E-state index contributed by atoms with van der Waals surface area (Å²) in [5.74, 6) is -0.856. The summed E-state index contributed by atoms with van der Waals surface area (Å²) in [4.78, 5) is 38.0. The molecular weight excluding hydrogens is 380 g/mol. The lowest BCUT2D eigenvalue weighted by atomic mass is 10.1. The molecule has 0 bridgehead atoms. The van der Waals surface area contributed by atoms with Gasteiger partial charge >= 0.3 is 6.09 Å². The fraction of sp³-hybridized carbons (Fsp3) is 0.250. The normalized spacial score (nSPS) is 12.6. The number of nitrogens with one attached hydrogen (secondary N) is 2. The number of rotatable bonds is 4. The molecule has 1 aliphatic rings. The van der Waals surface area contributed by atoms with E-state index in [4.69, 9.17) is 9.15 Å². The van der Waals surface area contributed by atoms with Gasteiger partial charge in [-0.25, -0.2) is 4.79 Å². The molecule has 144 valence electrons. The predicted octanol–water partition coefficient (Wildman–Crippen LogP) is 4.12. The van der Waals surface area contributed by atoms with Crippen molar-refractivity contribution in [2.75, 3.05) is 11.9 Å². The van der Waals surface area contributed by atoms with E-state index in [2.05, 4.69) is 10.6 Å². The van der Waals surface area contributed by atoms with Crippen LogP contribution in [0.2, 0.25) is 0 Å². The molecule has 8 heteroatoms. The Hall–Kier alpha value is -3.13. The van der Waals surface area contributed by atoms with E-state index in [1.807, 2.05) is 18.2 Å². The Balaban J connectivity index is 1.61. The topological polar surface area (TPSA) is 97.6 Å². The smallest absolute Gasteiger partial charge is 0.414 e. The maximum Gasteiger partial charge on any atom is 0.414 e. The van der Waals surface area contributed by atoms with E-state index in [1.54, 1.807) is 19.1 Å². The van der Waals surface area contributed by atoms with Crippen molar-refractivity contribution < 1.29 is 23.5 Å². The summed E-state index contributed by atoms with van der Waals surface area (Å²) in [5.41, 5.74) is 1.82. The number of alkyl carbamates (subject to hydrolysis) is 1. The zero-order chi connectivity index (χ0) is 19.7. The second-order valence-electron chi connectivity index (χ2n) is 6.34. The van der Waals surface area contributed by atoms with Crippen LogP contribution < -0.4 is 10.6 Å². The molecule has 1 aliphatic carbocycles. The Kier molecular flexibility index (Phi) is 4.87. The molecule has 1 aromatic carbocycles. The number of ether oxygens (including phenoxy) is 1. The number of amides is 3. The van der Waals surface area contributed by atoms with Crippen molar-refractivity contribution >= 4 is 45.2 Å². The number of benzene rings is 1. The number of aryl methyl sites for hydroxylation is 1. The highest BCUT2D eigenvalue weighted by molar-refractivity contribution is 7.17. The second-order valence-corrected chi connectivity index (χ2v) is 7.44. The molecule has 0 saturated heterocycles. The minimum atomic E-state index is -0.806. The van der Waals surface area contributed by atoms with Gasteiger partial charge in [0.1, 0.15) is 10.6 Å². The van der Waals surface area contributed by atoms with E-state index < -0.39 is 17.9 Å². The van der Waals surface area contributed by atoms with Crippen LogP contribution >= 0.6 is 11.3 Å². The molecule has 28 heavy (non-hydrogen) atoms. The Morgan fingerprint density at radius 1 is 1.18 bits per heavy atom. The molecule has 7 nitrogen and oxygen atoms in total. The number of anilines is 1. The molecule has 4 rings (SSSR count). The number of para-hydroxylation sites is 1. The molecule has 0 saturated carbocycles. The van der Waals surface area contributed by atoms with E-state index in [-0.39, 0.29) is 12.4 Å². The van der Waals surface area contributed by atoms with Crippen molar-refractivity contribution in [2.45, 2.75) is 26.2 Å². The van der Waals surface area contributed by atoms with Crippen molar-refractivity contribution in [1.82, 2.24) is 5.32 Å². The van der Waals surface area contributed by atoms with Crippen LogP contribution in [0.3, 0.4) is 0 Å². The minimum Gasteiger partial charge on any atom is -0.451 e. The summed E-state index contributed by atoms with van der Waals surface area (Å²) in [5, 5.41) is 6.23. The monoisotopic (exact) mass is 398 g/mol. The third-order valence-corrected chi connectivity index (χ3v) is 5.72. The number of thiophene rings is 1. The van der Waals surface area contributed by atoms with Gasteiger partial charge in [0.05, 0.1) is 12.2 Å². The van der Waals surface area contributed by atoms with Crippen LogP contribution in [-0.4, -0.2) is 24.5 Å². The number of hydrogen-bond acceptors (Lipinski definition) is 6. The first kappa shape index (κ1) is 18.2. The SMILES string of the molecule is CCOC(=O)NC(=O)c1c(NC(=O)c2cc3ccccc3o2)sc2c1CCC2. The van der Waals surface area contributed by atoms with Gasteiger partial charge in [0.2, 0.25) is 0 Å². The van der Waals surface area contributed by atoms with Gasteiger partial charge in [0, 0.05) is 10.3 Å². The van der Waals surface area contributed by atoms with Crippen molar-refractivity contribution in [2.24, 2.45) is 0 Å². The largest absolute Gasteiger partial charge is 0.451 e. The Morgan fingerprint density at radius 3 is 2.79 bits per heavy atom. The van der Waals surface area contributed by atoms with Gasteiger partial charge in [-0.05, 0) is 43.9 Å². The quantitative estimate of drug-likeness (QED) is 0.689. The van der Waals surface area contributed by atoms with E-state index in [9.17, 15) is 14.4 Å². The van der Waals surface area contributed by atoms with Gasteiger partial charge in [-0.3, -0.25) is 14.9 Å². The summed E-state index contributed by atoms with van der Waals surface area (Å²) in [7, 11) is 0. The molecule has 0 radical (unpaired) electrons. The summed E-state index contributed by atoms with van der Waals surface area (Å²) in [6, 6.07) is 8.98. The van der Waals surface area contributed by atoms with Crippen molar-refractivity contribution in [3.63, 3.8) is 0 Å². The molecule has 2 heterocycles. The number of carbonyl (C=O) groups is 3. The number of furan rings is 1. The number of imide groups is 1. The van der Waals surface area contributed by atoms with Crippen LogP contribution in [0.15, 0.2) is 34.7 Å². The summed E-state index contributed by atoms with van der Waals surface area (Å²) >= 11 is 1.36. The van der Waals surface area contributed by atoms with Gasteiger partial charge in [0.15, 0.2) is 5.76 Å². The average molecular weight is 398 g/mol. The molecular formula is C20H18N2O5S. The highest BCUT2D eigenvalue weighted by atomic mass is 32.1. The van der Waals surface area contributed by atoms with Crippen LogP contribution in [0.1, 0.15) is 44.7 Å². The van der Waals surface area contributed by atoms with Crippen LogP contribution in [0.5, 0.6) is 0 Å². The van der Waals surface area contributed by atoms with Crippen LogP contribution in [-0.2, 0) is 17.6 Å². The molecule has 2 aromatic heterocycles. The molecule has 0 fully saturated rings. The first-order valence-electron chi connectivity index (χ1n) is 8.99. The lowest BCUT2D eigenvalue weighted by Crippen LogP contribution is -2.32. The molecule has 3 amide bonds.